The second-order valence-corrected chi connectivity index (χ2v) is 5.82. The molecular formula is C16H21NO4. The van der Waals surface area contributed by atoms with Crippen LogP contribution in [-0.4, -0.2) is 36.9 Å². The SMILES string of the molecule is COc1ccc([C@@H]2CNC(=O)C2)cc1OC1CCC(O)C1. The summed E-state index contributed by atoms with van der Waals surface area (Å²) in [5, 5.41) is 12.5. The largest absolute Gasteiger partial charge is 0.493 e. The van der Waals surface area contributed by atoms with Gasteiger partial charge in [-0.25, -0.2) is 0 Å². The van der Waals surface area contributed by atoms with Crippen LogP contribution in [0.1, 0.15) is 37.2 Å². The number of methoxy groups -OCH3 is 1. The van der Waals surface area contributed by atoms with E-state index in [2.05, 4.69) is 5.32 Å². The number of aliphatic hydroxyl groups excluding tert-OH is 1. The molecule has 21 heavy (non-hydrogen) atoms. The van der Waals surface area contributed by atoms with Crippen LogP contribution in [0.15, 0.2) is 18.2 Å². The maximum Gasteiger partial charge on any atom is 0.220 e. The average molecular weight is 291 g/mol. The lowest BCUT2D eigenvalue weighted by Crippen LogP contribution is -2.15. The maximum atomic E-state index is 11.4. The molecule has 5 heteroatoms. The Balaban J connectivity index is 1.78. The maximum absolute atomic E-state index is 11.4. The molecule has 0 bridgehead atoms. The highest BCUT2D eigenvalue weighted by atomic mass is 16.5. The Morgan fingerprint density at radius 3 is 2.76 bits per heavy atom. The lowest BCUT2D eigenvalue weighted by Gasteiger charge is -2.18. The van der Waals surface area contributed by atoms with E-state index in [4.69, 9.17) is 9.47 Å². The molecule has 3 atom stereocenters. The summed E-state index contributed by atoms with van der Waals surface area (Å²) in [5.41, 5.74) is 1.09. The van der Waals surface area contributed by atoms with Crippen LogP contribution in [0.3, 0.4) is 0 Å². The molecule has 1 aliphatic heterocycles. The third kappa shape index (κ3) is 3.13. The first kappa shape index (κ1) is 14.2. The van der Waals surface area contributed by atoms with Crippen LogP contribution in [0.25, 0.3) is 0 Å². The Bertz CT molecular complexity index is 531. The Morgan fingerprint density at radius 1 is 1.29 bits per heavy atom. The van der Waals surface area contributed by atoms with Crippen molar-refractivity contribution in [2.45, 2.75) is 43.8 Å². The Morgan fingerprint density at radius 2 is 2.14 bits per heavy atom. The van der Waals surface area contributed by atoms with E-state index in [9.17, 15) is 9.90 Å². The Labute approximate surface area is 124 Å². The number of carbonyl (C=O) groups is 1. The molecule has 1 aromatic carbocycles. The predicted molar refractivity (Wildman–Crippen MR) is 77.6 cm³/mol. The Hall–Kier alpha value is -1.75. The molecule has 2 N–H and O–H groups in total. The summed E-state index contributed by atoms with van der Waals surface area (Å²) in [4.78, 5) is 11.4. The van der Waals surface area contributed by atoms with Gasteiger partial charge in [0.25, 0.3) is 0 Å². The van der Waals surface area contributed by atoms with Gasteiger partial charge in [0.15, 0.2) is 11.5 Å². The van der Waals surface area contributed by atoms with E-state index in [-0.39, 0.29) is 24.0 Å². The molecule has 114 valence electrons. The number of carbonyl (C=O) groups excluding carboxylic acids is 1. The lowest BCUT2D eigenvalue weighted by molar-refractivity contribution is -0.119. The van der Waals surface area contributed by atoms with Gasteiger partial charge in [0.2, 0.25) is 5.91 Å². The highest BCUT2D eigenvalue weighted by Crippen LogP contribution is 2.35. The number of hydrogen-bond acceptors (Lipinski definition) is 4. The molecule has 2 fully saturated rings. The molecule has 2 unspecified atom stereocenters. The summed E-state index contributed by atoms with van der Waals surface area (Å²) >= 11 is 0. The second kappa shape index (κ2) is 5.93. The minimum atomic E-state index is -0.263. The molecule has 5 nitrogen and oxygen atoms in total. The second-order valence-electron chi connectivity index (χ2n) is 5.82. The van der Waals surface area contributed by atoms with Gasteiger partial charge in [0.05, 0.1) is 13.2 Å². The number of hydrogen-bond donors (Lipinski definition) is 2. The van der Waals surface area contributed by atoms with Crippen molar-refractivity contribution >= 4 is 5.91 Å². The summed E-state index contributed by atoms with van der Waals surface area (Å²) in [7, 11) is 1.62. The van der Waals surface area contributed by atoms with Crippen molar-refractivity contribution in [2.24, 2.45) is 0 Å². The summed E-state index contributed by atoms with van der Waals surface area (Å²) in [6.07, 6.45) is 2.60. The van der Waals surface area contributed by atoms with Crippen molar-refractivity contribution in [3.63, 3.8) is 0 Å². The quantitative estimate of drug-likeness (QED) is 0.884. The normalized spacial score (nSPS) is 28.5. The van der Waals surface area contributed by atoms with Gasteiger partial charge in [-0.3, -0.25) is 4.79 Å². The molecule has 1 heterocycles. The number of aliphatic hydroxyl groups is 1. The van der Waals surface area contributed by atoms with Crippen LogP contribution in [0.2, 0.25) is 0 Å². The number of rotatable bonds is 4. The number of amides is 1. The van der Waals surface area contributed by atoms with Gasteiger partial charge in [0, 0.05) is 25.3 Å². The van der Waals surface area contributed by atoms with E-state index in [0.717, 1.165) is 18.4 Å². The van der Waals surface area contributed by atoms with Gasteiger partial charge in [-0.15, -0.1) is 0 Å². The van der Waals surface area contributed by atoms with E-state index in [1.807, 2.05) is 18.2 Å². The Kier molecular flexibility index (Phi) is 4.01. The topological polar surface area (TPSA) is 67.8 Å². The summed E-state index contributed by atoms with van der Waals surface area (Å²) in [6, 6.07) is 5.84. The first-order chi connectivity index (χ1) is 10.2. The zero-order valence-electron chi connectivity index (χ0n) is 12.2. The van der Waals surface area contributed by atoms with Crippen molar-refractivity contribution in [1.82, 2.24) is 5.32 Å². The number of ether oxygens (including phenoxy) is 2. The van der Waals surface area contributed by atoms with E-state index < -0.39 is 0 Å². The van der Waals surface area contributed by atoms with Crippen LogP contribution in [-0.2, 0) is 4.79 Å². The lowest BCUT2D eigenvalue weighted by atomic mass is 9.98. The molecular weight excluding hydrogens is 270 g/mol. The molecule has 3 rings (SSSR count). The highest BCUT2D eigenvalue weighted by molar-refractivity contribution is 5.79. The zero-order valence-corrected chi connectivity index (χ0v) is 12.2. The molecule has 1 amide bonds. The average Bonchev–Trinajstić information content (AvgIpc) is 3.08. The molecule has 1 aromatic rings. The minimum absolute atomic E-state index is 0.0347. The fraction of sp³-hybridized carbons (Fsp3) is 0.562. The van der Waals surface area contributed by atoms with E-state index in [1.54, 1.807) is 7.11 Å². The summed E-state index contributed by atoms with van der Waals surface area (Å²) in [6.45, 7) is 0.673. The summed E-state index contributed by atoms with van der Waals surface area (Å²) in [5.74, 6) is 1.68. The van der Waals surface area contributed by atoms with Crippen LogP contribution in [0, 0.1) is 0 Å². The van der Waals surface area contributed by atoms with Crippen LogP contribution in [0.4, 0.5) is 0 Å². The van der Waals surface area contributed by atoms with Gasteiger partial charge in [0.1, 0.15) is 6.10 Å². The summed E-state index contributed by atoms with van der Waals surface area (Å²) < 4.78 is 11.4. The highest BCUT2D eigenvalue weighted by Gasteiger charge is 2.27. The number of benzene rings is 1. The molecule has 2 aliphatic rings. The van der Waals surface area contributed by atoms with Crippen LogP contribution in [0.5, 0.6) is 11.5 Å². The first-order valence-electron chi connectivity index (χ1n) is 7.45. The molecule has 1 saturated carbocycles. The van der Waals surface area contributed by atoms with E-state index >= 15 is 0 Å². The van der Waals surface area contributed by atoms with Gasteiger partial charge in [-0.05, 0) is 30.5 Å². The van der Waals surface area contributed by atoms with E-state index in [0.29, 0.717) is 30.9 Å². The standard InChI is InChI=1S/C16H21NO4/c1-20-14-5-2-10(11-7-16(19)17-9-11)6-15(14)21-13-4-3-12(18)8-13/h2,5-6,11-13,18H,3-4,7-9H2,1H3,(H,17,19)/t11-,12?,13?/m0/s1. The van der Waals surface area contributed by atoms with Gasteiger partial charge in [-0.2, -0.15) is 0 Å². The predicted octanol–water partition coefficient (Wildman–Crippen LogP) is 1.59. The molecule has 0 radical (unpaired) electrons. The molecule has 0 aromatic heterocycles. The number of nitrogens with one attached hydrogen (secondary N) is 1. The fourth-order valence-corrected chi connectivity index (χ4v) is 3.08. The smallest absolute Gasteiger partial charge is 0.220 e. The van der Waals surface area contributed by atoms with E-state index in [1.165, 1.54) is 0 Å². The third-order valence-electron chi connectivity index (χ3n) is 4.29. The van der Waals surface area contributed by atoms with Crippen molar-refractivity contribution in [2.75, 3.05) is 13.7 Å². The van der Waals surface area contributed by atoms with Gasteiger partial charge in [-0.1, -0.05) is 6.07 Å². The van der Waals surface area contributed by atoms with Crippen molar-refractivity contribution < 1.29 is 19.4 Å². The molecule has 0 spiro atoms. The van der Waals surface area contributed by atoms with Crippen LogP contribution < -0.4 is 14.8 Å². The zero-order chi connectivity index (χ0) is 14.8. The van der Waals surface area contributed by atoms with Gasteiger partial charge < -0.3 is 19.9 Å². The molecule has 1 aliphatic carbocycles. The minimum Gasteiger partial charge on any atom is -0.493 e. The van der Waals surface area contributed by atoms with Crippen molar-refractivity contribution in [1.29, 1.82) is 0 Å². The fourth-order valence-electron chi connectivity index (χ4n) is 3.08. The van der Waals surface area contributed by atoms with Crippen molar-refractivity contribution in [3.05, 3.63) is 23.8 Å². The monoisotopic (exact) mass is 291 g/mol. The molecule has 1 saturated heterocycles. The first-order valence-corrected chi connectivity index (χ1v) is 7.45. The van der Waals surface area contributed by atoms with Crippen LogP contribution >= 0.6 is 0 Å². The van der Waals surface area contributed by atoms with Gasteiger partial charge >= 0.3 is 0 Å². The van der Waals surface area contributed by atoms with Crippen molar-refractivity contribution in [3.8, 4) is 11.5 Å². The third-order valence-corrected chi connectivity index (χ3v) is 4.29.